The third-order valence-corrected chi connectivity index (χ3v) is 4.73. The van der Waals surface area contributed by atoms with Crippen LogP contribution in [0, 0.1) is 0 Å². The number of hydrogen-bond donors (Lipinski definition) is 0. The maximum absolute atomic E-state index is 13.2. The molecule has 0 spiro atoms. The normalized spacial score (nSPS) is 11.4. The van der Waals surface area contributed by atoms with Gasteiger partial charge < -0.3 is 28.4 Å². The van der Waals surface area contributed by atoms with Crippen LogP contribution >= 0.6 is 0 Å². The average Bonchev–Trinajstić information content (AvgIpc) is 2.76. The van der Waals surface area contributed by atoms with Crippen molar-refractivity contribution in [3.63, 3.8) is 0 Å². The predicted molar refractivity (Wildman–Crippen MR) is 110 cm³/mol. The van der Waals surface area contributed by atoms with Crippen molar-refractivity contribution in [2.75, 3.05) is 42.7 Å². The fraction of sp³-hybridized carbons (Fsp3) is 0.409. The highest BCUT2D eigenvalue weighted by Gasteiger charge is 2.26. The minimum Gasteiger partial charge on any atom is -0.496 e. The number of ketones is 1. The van der Waals surface area contributed by atoms with Gasteiger partial charge in [-0.15, -0.1) is 0 Å². The Balaban J connectivity index is 2.44. The number of ether oxygens (including phenoxy) is 6. The molecule has 7 nitrogen and oxygen atoms in total. The Bertz CT molecular complexity index is 810. The van der Waals surface area contributed by atoms with E-state index in [9.17, 15) is 4.79 Å². The van der Waals surface area contributed by atoms with E-state index in [-0.39, 0.29) is 18.1 Å². The van der Waals surface area contributed by atoms with Crippen LogP contribution in [-0.4, -0.2) is 48.4 Å². The van der Waals surface area contributed by atoms with Crippen molar-refractivity contribution < 1.29 is 33.2 Å². The van der Waals surface area contributed by atoms with Crippen LogP contribution in [0.1, 0.15) is 35.2 Å². The van der Waals surface area contributed by atoms with Gasteiger partial charge in [0, 0.05) is 36.2 Å². The van der Waals surface area contributed by atoms with Crippen molar-refractivity contribution >= 4 is 5.78 Å². The third kappa shape index (κ3) is 4.67. The number of carbonyl (C=O) groups is 1. The summed E-state index contributed by atoms with van der Waals surface area (Å²) in [5.74, 6) is 2.80. The standard InChI is InChI=1S/C22H28O7/c1-13(21-17(26-4)9-14(24-2)10-18(21)27-5)8-16(23)22-19(28-6)11-15(25-3)12-20(22)29-7/h9-13H,8H2,1-7H3. The van der Waals surface area contributed by atoms with Crippen molar-refractivity contribution in [1.29, 1.82) is 0 Å². The SMILES string of the molecule is COc1cc(OC)c(C(=O)CC(C)c2c(OC)cc(OC)cc2OC)c(OC)c1. The van der Waals surface area contributed by atoms with Gasteiger partial charge in [0.25, 0.3) is 0 Å². The molecule has 0 fully saturated rings. The monoisotopic (exact) mass is 404 g/mol. The summed E-state index contributed by atoms with van der Waals surface area (Å²) < 4.78 is 32.4. The summed E-state index contributed by atoms with van der Waals surface area (Å²) in [4.78, 5) is 13.2. The second-order valence-corrected chi connectivity index (χ2v) is 6.38. The van der Waals surface area contributed by atoms with Crippen LogP contribution in [-0.2, 0) is 0 Å². The third-order valence-electron chi connectivity index (χ3n) is 4.73. The Kier molecular flexibility index (Phi) is 7.59. The summed E-state index contributed by atoms with van der Waals surface area (Å²) in [6, 6.07) is 6.87. The Labute approximate surface area is 171 Å². The van der Waals surface area contributed by atoms with Crippen molar-refractivity contribution in [2.24, 2.45) is 0 Å². The molecule has 2 rings (SSSR count). The summed E-state index contributed by atoms with van der Waals surface area (Å²) in [6.45, 7) is 1.94. The molecule has 1 unspecified atom stereocenters. The van der Waals surface area contributed by atoms with E-state index in [4.69, 9.17) is 28.4 Å². The summed E-state index contributed by atoms with van der Waals surface area (Å²) in [5.41, 5.74) is 1.16. The van der Waals surface area contributed by atoms with Gasteiger partial charge in [0.05, 0.1) is 42.7 Å². The summed E-state index contributed by atoms with van der Waals surface area (Å²) >= 11 is 0. The second-order valence-electron chi connectivity index (χ2n) is 6.38. The molecular weight excluding hydrogens is 376 g/mol. The molecular formula is C22H28O7. The van der Waals surface area contributed by atoms with E-state index in [1.807, 2.05) is 6.92 Å². The first-order chi connectivity index (χ1) is 13.9. The van der Waals surface area contributed by atoms with Crippen LogP contribution in [0.15, 0.2) is 24.3 Å². The first kappa shape index (κ1) is 22.2. The number of benzene rings is 2. The first-order valence-corrected chi connectivity index (χ1v) is 9.07. The molecule has 0 aromatic heterocycles. The zero-order chi connectivity index (χ0) is 21.6. The van der Waals surface area contributed by atoms with Gasteiger partial charge in [-0.1, -0.05) is 6.92 Å². The molecule has 1 atom stereocenters. The summed E-state index contributed by atoms with van der Waals surface area (Å²) in [7, 11) is 9.26. The second kappa shape index (κ2) is 9.91. The Morgan fingerprint density at radius 3 is 1.41 bits per heavy atom. The number of hydrogen-bond acceptors (Lipinski definition) is 7. The molecule has 7 heteroatoms. The van der Waals surface area contributed by atoms with Gasteiger partial charge in [-0.25, -0.2) is 0 Å². The summed E-state index contributed by atoms with van der Waals surface area (Å²) in [6.07, 6.45) is 0.193. The number of rotatable bonds is 10. The van der Waals surface area contributed by atoms with Gasteiger partial charge in [0.1, 0.15) is 40.1 Å². The Morgan fingerprint density at radius 2 is 1.07 bits per heavy atom. The van der Waals surface area contributed by atoms with Crippen LogP contribution in [0.4, 0.5) is 0 Å². The minimum absolute atomic E-state index is 0.131. The van der Waals surface area contributed by atoms with E-state index in [0.29, 0.717) is 40.1 Å². The topological polar surface area (TPSA) is 72.5 Å². The van der Waals surface area contributed by atoms with Crippen molar-refractivity contribution in [3.05, 3.63) is 35.4 Å². The van der Waals surface area contributed by atoms with E-state index in [1.165, 1.54) is 14.2 Å². The number of carbonyl (C=O) groups excluding carboxylic acids is 1. The van der Waals surface area contributed by atoms with Gasteiger partial charge in [-0.3, -0.25) is 4.79 Å². The highest BCUT2D eigenvalue weighted by atomic mass is 16.5. The van der Waals surface area contributed by atoms with E-state index < -0.39 is 0 Å². The highest BCUT2D eigenvalue weighted by Crippen LogP contribution is 2.42. The lowest BCUT2D eigenvalue weighted by Crippen LogP contribution is -2.11. The first-order valence-electron chi connectivity index (χ1n) is 9.07. The van der Waals surface area contributed by atoms with Gasteiger partial charge in [-0.2, -0.15) is 0 Å². The maximum Gasteiger partial charge on any atom is 0.170 e. The zero-order valence-electron chi connectivity index (χ0n) is 18.0. The number of methoxy groups -OCH3 is 6. The smallest absolute Gasteiger partial charge is 0.170 e. The van der Waals surface area contributed by atoms with Crippen LogP contribution in [0.2, 0.25) is 0 Å². The van der Waals surface area contributed by atoms with Crippen LogP contribution in [0.3, 0.4) is 0 Å². The quantitative estimate of drug-likeness (QED) is 0.552. The molecule has 0 amide bonds. The predicted octanol–water partition coefficient (Wildman–Crippen LogP) is 4.11. The average molecular weight is 404 g/mol. The van der Waals surface area contributed by atoms with E-state index in [2.05, 4.69) is 0 Å². The van der Waals surface area contributed by atoms with E-state index >= 15 is 0 Å². The lowest BCUT2D eigenvalue weighted by atomic mass is 9.91. The molecule has 2 aromatic carbocycles. The van der Waals surface area contributed by atoms with Crippen molar-refractivity contribution in [2.45, 2.75) is 19.3 Å². The van der Waals surface area contributed by atoms with Crippen LogP contribution in [0.5, 0.6) is 34.5 Å². The van der Waals surface area contributed by atoms with Crippen LogP contribution < -0.4 is 28.4 Å². The maximum atomic E-state index is 13.2. The fourth-order valence-corrected chi connectivity index (χ4v) is 3.28. The van der Waals surface area contributed by atoms with Crippen molar-refractivity contribution in [1.82, 2.24) is 0 Å². The van der Waals surface area contributed by atoms with Crippen molar-refractivity contribution in [3.8, 4) is 34.5 Å². The molecule has 0 saturated carbocycles. The molecule has 0 N–H and O–H groups in total. The molecule has 2 aromatic rings. The van der Waals surface area contributed by atoms with E-state index in [0.717, 1.165) is 5.56 Å². The lowest BCUT2D eigenvalue weighted by molar-refractivity contribution is 0.0969. The van der Waals surface area contributed by atoms with E-state index in [1.54, 1.807) is 52.7 Å². The molecule has 0 saturated heterocycles. The van der Waals surface area contributed by atoms with Gasteiger partial charge in [-0.05, 0) is 5.92 Å². The molecule has 0 bridgehead atoms. The molecule has 0 aliphatic rings. The van der Waals surface area contributed by atoms with Crippen LogP contribution in [0.25, 0.3) is 0 Å². The van der Waals surface area contributed by atoms with Gasteiger partial charge >= 0.3 is 0 Å². The molecule has 0 aliphatic carbocycles. The molecule has 29 heavy (non-hydrogen) atoms. The molecule has 0 aliphatic heterocycles. The Hall–Kier alpha value is -3.09. The Morgan fingerprint density at radius 1 is 0.690 bits per heavy atom. The summed E-state index contributed by atoms with van der Waals surface area (Å²) in [5, 5.41) is 0. The van der Waals surface area contributed by atoms with Gasteiger partial charge in [0.15, 0.2) is 5.78 Å². The fourth-order valence-electron chi connectivity index (χ4n) is 3.28. The molecule has 0 heterocycles. The minimum atomic E-state index is -0.199. The molecule has 0 radical (unpaired) electrons. The number of Topliss-reactive ketones (excluding diaryl/α,β-unsaturated/α-hetero) is 1. The van der Waals surface area contributed by atoms with Gasteiger partial charge in [0.2, 0.25) is 0 Å². The highest BCUT2D eigenvalue weighted by molar-refractivity contribution is 6.02. The zero-order valence-corrected chi connectivity index (χ0v) is 18.0. The molecule has 158 valence electrons. The lowest BCUT2D eigenvalue weighted by Gasteiger charge is -2.21. The largest absolute Gasteiger partial charge is 0.496 e.